The number of alkyl carbamates (subject to hydrolysis) is 1. The van der Waals surface area contributed by atoms with Crippen LogP contribution < -0.4 is 10.7 Å². The molecule has 3 amide bonds. The molecule has 0 spiro atoms. The Morgan fingerprint density at radius 2 is 1.67 bits per heavy atom. The average molecular weight is 451 g/mol. The molecule has 1 fully saturated rings. The lowest BCUT2D eigenvalue weighted by molar-refractivity contribution is -0.151. The zero-order valence-electron chi connectivity index (χ0n) is 18.3. The summed E-state index contributed by atoms with van der Waals surface area (Å²) in [6, 6.07) is 13.5. The van der Waals surface area contributed by atoms with Crippen LogP contribution in [0.1, 0.15) is 37.3 Å². The molecule has 1 unspecified atom stereocenters. The van der Waals surface area contributed by atoms with Gasteiger partial charge in [-0.15, -0.1) is 0 Å². The number of carboxylic acid groups (broad SMARTS) is 1. The van der Waals surface area contributed by atoms with Crippen LogP contribution in [0, 0.1) is 5.92 Å². The van der Waals surface area contributed by atoms with Crippen molar-refractivity contribution in [2.45, 2.75) is 38.3 Å². The van der Waals surface area contributed by atoms with Crippen molar-refractivity contribution in [3.8, 4) is 11.1 Å². The van der Waals surface area contributed by atoms with E-state index in [9.17, 15) is 24.3 Å². The normalized spacial score (nSPS) is 17.8. The number of rotatable bonds is 6. The second-order valence-electron chi connectivity index (χ2n) is 8.49. The quantitative estimate of drug-likeness (QED) is 0.619. The van der Waals surface area contributed by atoms with Crippen LogP contribution in [0.25, 0.3) is 11.1 Å². The molecule has 0 bridgehead atoms. The summed E-state index contributed by atoms with van der Waals surface area (Å²) in [7, 11) is 0. The number of aliphatic carboxylic acids is 1. The molecule has 172 valence electrons. The highest BCUT2D eigenvalue weighted by molar-refractivity contribution is 5.96. The molecular formula is C24H25N3O6. The minimum Gasteiger partial charge on any atom is -0.480 e. The van der Waals surface area contributed by atoms with Crippen molar-refractivity contribution in [3.63, 3.8) is 0 Å². The number of hydrogen-bond acceptors (Lipinski definition) is 5. The van der Waals surface area contributed by atoms with Crippen LogP contribution in [0.5, 0.6) is 0 Å². The summed E-state index contributed by atoms with van der Waals surface area (Å²) in [5.74, 6) is -3.09. The number of carbonyl (C=O) groups is 4. The van der Waals surface area contributed by atoms with Crippen LogP contribution >= 0.6 is 0 Å². The highest BCUT2D eigenvalue weighted by Crippen LogP contribution is 2.44. The van der Waals surface area contributed by atoms with Crippen molar-refractivity contribution in [1.82, 2.24) is 15.8 Å². The Kier molecular flexibility index (Phi) is 6.04. The minimum atomic E-state index is -1.32. The Balaban J connectivity index is 1.45. The molecule has 2 aromatic rings. The van der Waals surface area contributed by atoms with Crippen LogP contribution in [-0.4, -0.2) is 52.7 Å². The largest absolute Gasteiger partial charge is 0.480 e. The second-order valence-corrected chi connectivity index (χ2v) is 8.49. The summed E-state index contributed by atoms with van der Waals surface area (Å²) in [5.41, 5.74) is 6.59. The van der Waals surface area contributed by atoms with Gasteiger partial charge in [0, 0.05) is 5.92 Å². The molecule has 0 saturated carbocycles. The van der Waals surface area contributed by atoms with E-state index in [4.69, 9.17) is 4.74 Å². The van der Waals surface area contributed by atoms with Crippen LogP contribution in [0.3, 0.4) is 0 Å². The fraction of sp³-hybridized carbons (Fsp3) is 0.333. The van der Waals surface area contributed by atoms with Gasteiger partial charge in [-0.25, -0.2) is 14.6 Å². The number of nitrogens with one attached hydrogen (secondary N) is 2. The molecular weight excluding hydrogens is 426 g/mol. The third-order valence-corrected chi connectivity index (χ3v) is 6.01. The maximum Gasteiger partial charge on any atom is 0.407 e. The van der Waals surface area contributed by atoms with Gasteiger partial charge in [0.2, 0.25) is 5.91 Å². The first kappa shape index (κ1) is 22.3. The molecule has 2 atom stereocenters. The van der Waals surface area contributed by atoms with Gasteiger partial charge in [0.05, 0.1) is 6.42 Å². The number of hydrogen-bond donors (Lipinski definition) is 3. The first-order chi connectivity index (χ1) is 15.8. The standard InChI is InChI=1S/C24H25N3O6/c1-13(2)21(22(29)27-19(23(30)31)11-20(28)26-27)25-24(32)33-12-18-16-9-5-3-7-14(16)15-8-4-6-10-17(15)18/h3-10,13,18-19,21H,11-12H2,1-2H3,(H,25,32)(H,26,28)(H,30,31)/t19?,21-/m0/s1. The molecule has 9 heteroatoms. The van der Waals surface area contributed by atoms with E-state index in [0.29, 0.717) is 0 Å². The van der Waals surface area contributed by atoms with Gasteiger partial charge in [0.1, 0.15) is 12.6 Å². The summed E-state index contributed by atoms with van der Waals surface area (Å²) in [6.07, 6.45) is -1.13. The first-order valence-corrected chi connectivity index (χ1v) is 10.7. The number of carboxylic acids is 1. The highest BCUT2D eigenvalue weighted by Gasteiger charge is 2.42. The van der Waals surface area contributed by atoms with Crippen molar-refractivity contribution in [2.75, 3.05) is 6.61 Å². The van der Waals surface area contributed by atoms with Crippen LogP contribution in [0.4, 0.5) is 4.79 Å². The lowest BCUT2D eigenvalue weighted by atomic mass is 9.98. The van der Waals surface area contributed by atoms with Crippen molar-refractivity contribution in [1.29, 1.82) is 0 Å². The molecule has 9 nitrogen and oxygen atoms in total. The zero-order valence-corrected chi connectivity index (χ0v) is 18.3. The van der Waals surface area contributed by atoms with E-state index in [0.717, 1.165) is 27.3 Å². The SMILES string of the molecule is CC(C)[C@H](NC(=O)OCC1c2ccccc2-c2ccccc21)C(=O)N1NC(=O)CC1C(=O)O. The van der Waals surface area contributed by atoms with E-state index in [2.05, 4.69) is 10.7 Å². The summed E-state index contributed by atoms with van der Waals surface area (Å²) in [5, 5.41) is 12.6. The topological polar surface area (TPSA) is 125 Å². The first-order valence-electron chi connectivity index (χ1n) is 10.7. The average Bonchev–Trinajstić information content (AvgIpc) is 3.34. The highest BCUT2D eigenvalue weighted by atomic mass is 16.5. The summed E-state index contributed by atoms with van der Waals surface area (Å²) in [6.45, 7) is 3.50. The summed E-state index contributed by atoms with van der Waals surface area (Å²) in [4.78, 5) is 48.7. The molecule has 1 saturated heterocycles. The van der Waals surface area contributed by atoms with E-state index in [1.807, 2.05) is 48.5 Å². The van der Waals surface area contributed by atoms with E-state index in [-0.39, 0.29) is 24.9 Å². The van der Waals surface area contributed by atoms with Crippen LogP contribution in [0.15, 0.2) is 48.5 Å². The van der Waals surface area contributed by atoms with Gasteiger partial charge in [-0.05, 0) is 28.2 Å². The minimum absolute atomic E-state index is 0.0804. The van der Waals surface area contributed by atoms with Crippen LogP contribution in [-0.2, 0) is 19.1 Å². The fourth-order valence-electron chi connectivity index (χ4n) is 4.36. The number of nitrogens with zero attached hydrogens (tertiary/aromatic N) is 1. The molecule has 0 aromatic heterocycles. The lowest BCUT2D eigenvalue weighted by Crippen LogP contribution is -2.57. The monoisotopic (exact) mass is 451 g/mol. The number of hydrazine groups is 1. The predicted octanol–water partition coefficient (Wildman–Crippen LogP) is 2.27. The number of benzene rings is 2. The second kappa shape index (κ2) is 8.93. The van der Waals surface area contributed by atoms with E-state index < -0.39 is 36.0 Å². The lowest BCUT2D eigenvalue weighted by Gasteiger charge is -2.28. The maximum atomic E-state index is 12.9. The number of amides is 3. The molecule has 33 heavy (non-hydrogen) atoms. The fourth-order valence-corrected chi connectivity index (χ4v) is 4.36. The summed E-state index contributed by atoms with van der Waals surface area (Å²) < 4.78 is 5.50. The van der Waals surface area contributed by atoms with E-state index in [1.165, 1.54) is 0 Å². The smallest absolute Gasteiger partial charge is 0.407 e. The van der Waals surface area contributed by atoms with Gasteiger partial charge < -0.3 is 15.2 Å². The van der Waals surface area contributed by atoms with Crippen molar-refractivity contribution in [3.05, 3.63) is 59.7 Å². The van der Waals surface area contributed by atoms with Gasteiger partial charge in [-0.1, -0.05) is 62.4 Å². The Hall–Kier alpha value is -3.88. The van der Waals surface area contributed by atoms with Crippen molar-refractivity contribution < 1.29 is 29.0 Å². The molecule has 4 rings (SSSR count). The van der Waals surface area contributed by atoms with E-state index in [1.54, 1.807) is 13.8 Å². The third kappa shape index (κ3) is 4.26. The van der Waals surface area contributed by atoms with Gasteiger partial charge in [0.25, 0.3) is 5.91 Å². The third-order valence-electron chi connectivity index (χ3n) is 6.01. The maximum absolute atomic E-state index is 12.9. The Morgan fingerprint density at radius 3 is 2.21 bits per heavy atom. The van der Waals surface area contributed by atoms with Gasteiger partial charge in [-0.2, -0.15) is 0 Å². The number of fused-ring (bicyclic) bond motifs is 3. The Bertz CT molecular complexity index is 1070. The predicted molar refractivity (Wildman–Crippen MR) is 118 cm³/mol. The Morgan fingerprint density at radius 1 is 1.09 bits per heavy atom. The van der Waals surface area contributed by atoms with E-state index >= 15 is 0 Å². The van der Waals surface area contributed by atoms with Gasteiger partial charge in [-0.3, -0.25) is 15.0 Å². The number of ether oxygens (including phenoxy) is 1. The Labute approximate surface area is 190 Å². The zero-order chi connectivity index (χ0) is 23.7. The molecule has 2 aromatic carbocycles. The number of carbonyl (C=O) groups excluding carboxylic acids is 3. The molecule has 0 radical (unpaired) electrons. The molecule has 1 aliphatic carbocycles. The van der Waals surface area contributed by atoms with Crippen molar-refractivity contribution in [2.24, 2.45) is 5.92 Å². The van der Waals surface area contributed by atoms with Gasteiger partial charge >= 0.3 is 12.1 Å². The molecule has 3 N–H and O–H groups in total. The van der Waals surface area contributed by atoms with Crippen LogP contribution in [0.2, 0.25) is 0 Å². The molecule has 2 aliphatic rings. The van der Waals surface area contributed by atoms with Gasteiger partial charge in [0.15, 0.2) is 6.04 Å². The molecule has 1 aliphatic heterocycles. The summed E-state index contributed by atoms with van der Waals surface area (Å²) >= 11 is 0. The molecule has 1 heterocycles. The van der Waals surface area contributed by atoms with Crippen molar-refractivity contribution >= 4 is 23.9 Å².